The van der Waals surface area contributed by atoms with Crippen molar-refractivity contribution in [2.45, 2.75) is 94.0 Å². The Morgan fingerprint density at radius 3 is 1.11 bits per heavy atom. The number of nitrogen functional groups attached to an aromatic ring is 4. The maximum absolute atomic E-state index is 13.1. The van der Waals surface area contributed by atoms with E-state index in [1.165, 1.54) is 57.5 Å². The molecule has 3 saturated carbocycles. The van der Waals surface area contributed by atoms with Crippen LogP contribution in [0.2, 0.25) is 0 Å². The molecule has 29 nitrogen and oxygen atoms in total. The summed E-state index contributed by atoms with van der Waals surface area (Å²) in [5.41, 5.74) is 39.7. The van der Waals surface area contributed by atoms with E-state index in [-0.39, 0.29) is 41.7 Å². The van der Waals surface area contributed by atoms with E-state index in [1.807, 2.05) is 201 Å². The van der Waals surface area contributed by atoms with E-state index in [0.29, 0.717) is 132 Å². The third-order valence-corrected chi connectivity index (χ3v) is 23.7. The molecule has 6 aliphatic rings. The van der Waals surface area contributed by atoms with Gasteiger partial charge in [0.05, 0.1) is 40.5 Å². The Balaban J connectivity index is 0.000000131. The topological polar surface area (TPSA) is 364 Å². The highest BCUT2D eigenvalue weighted by Crippen LogP contribution is 2.48. The van der Waals surface area contributed by atoms with Crippen LogP contribution in [0.1, 0.15) is 86.4 Å². The molecule has 10 N–H and O–H groups in total. The Bertz CT molecular complexity index is 6050. The third kappa shape index (κ3) is 18.1. The number of oxazole rings is 1. The molecule has 3 aliphatic carbocycles. The van der Waals surface area contributed by atoms with Gasteiger partial charge in [0.15, 0.2) is 0 Å². The summed E-state index contributed by atoms with van der Waals surface area (Å²) in [6.07, 6.45) is 28.0. The second-order valence-corrected chi connectivity index (χ2v) is 32.1. The molecule has 628 valence electrons. The second kappa shape index (κ2) is 36.1. The molecule has 10 heterocycles. The summed E-state index contributed by atoms with van der Waals surface area (Å²) < 4.78 is 29.8. The van der Waals surface area contributed by atoms with Crippen molar-refractivity contribution >= 4 is 80.0 Å². The van der Waals surface area contributed by atoms with Crippen LogP contribution in [0.3, 0.4) is 0 Å². The van der Waals surface area contributed by atoms with Gasteiger partial charge in [-0.3, -0.25) is 33.9 Å². The number of likely N-dealkylation sites (N-methyl/N-ethyl adjacent to an activating group) is 3. The number of benzene rings is 6. The second-order valence-electron chi connectivity index (χ2n) is 32.1. The largest absolute Gasteiger partial charge is 0.457 e. The van der Waals surface area contributed by atoms with Crippen LogP contribution in [-0.4, -0.2) is 200 Å². The fourth-order valence-corrected chi connectivity index (χ4v) is 16.9. The lowest BCUT2D eigenvalue weighted by atomic mass is 10.0. The number of ether oxygens (including phenoxy) is 3. The van der Waals surface area contributed by atoms with Crippen molar-refractivity contribution in [3.63, 3.8) is 0 Å². The van der Waals surface area contributed by atoms with E-state index in [9.17, 15) is 19.2 Å². The van der Waals surface area contributed by atoms with E-state index < -0.39 is 5.91 Å². The standard InChI is InChI=1S/C33H33N7O3.C31H33N7O3.C30H33N7O2/c1-38(23-11-12-23)17-5-8-27(41)39-18-15-24(20-39)40-30(33-35-16-19-42-33)28(29-31(34)36-21-37-32(29)40)22-9-13-26(14-10-22)43-25-6-3-2-4-7-25;1-36(21-11-12-21)16-5-8-25(39)37-17-15-22(18-37)38-28(30(33)40)26(27-29(32)34-19-35-31(27)38)20-9-13-24(14-10-20)41-23-6-3-2-4-7-23;1-35(21-11-12-21)16-5-8-25(38)36-17-15-22(18-36)37-29(32)26(27-28(31)33-19-34-30(27)37)20-9-13-24(14-10-20)39-23-6-3-2-4-7-23/h2-10,13-14,16,19,21,23-24H,11-12,15,17-18,20H2,1H3,(H2,34,36,37);2-10,13-14,19,21-22H,11-12,15-18H2,1H3,(H2,33,40)(H2,32,34,35);2-10,13-14,19,21-22H,11-12,15-18,32H2,1H3,(H2,31,33,34)/b3*8-5+/t24-;2*22-/m111/s1. The summed E-state index contributed by atoms with van der Waals surface area (Å²) >= 11 is 0. The first-order valence-corrected chi connectivity index (χ1v) is 41.8. The highest BCUT2D eigenvalue weighted by Gasteiger charge is 2.38. The zero-order valence-electron chi connectivity index (χ0n) is 68.9. The Morgan fingerprint density at radius 2 is 0.740 bits per heavy atom. The highest BCUT2D eigenvalue weighted by molar-refractivity contribution is 6.13. The number of nitrogens with two attached hydrogens (primary N) is 5. The summed E-state index contributed by atoms with van der Waals surface area (Å²) in [6, 6.07) is 53.5. The zero-order chi connectivity index (χ0) is 84.8. The van der Waals surface area contributed by atoms with Gasteiger partial charge in [0, 0.05) is 112 Å². The van der Waals surface area contributed by atoms with Gasteiger partial charge in [0.25, 0.3) is 5.91 Å². The predicted octanol–water partition coefficient (Wildman–Crippen LogP) is 14.0. The molecule has 13 aromatic rings. The van der Waals surface area contributed by atoms with Gasteiger partial charge >= 0.3 is 0 Å². The quantitative estimate of drug-likeness (QED) is 0.0314. The maximum atomic E-state index is 13.1. The third-order valence-electron chi connectivity index (χ3n) is 23.7. The van der Waals surface area contributed by atoms with E-state index in [2.05, 4.69) is 70.3 Å². The summed E-state index contributed by atoms with van der Waals surface area (Å²) in [5.74, 6) is 5.73. The molecule has 6 fully saturated rings. The van der Waals surface area contributed by atoms with Crippen molar-refractivity contribution in [3.8, 4) is 79.5 Å². The van der Waals surface area contributed by atoms with Gasteiger partial charge < -0.3 is 75.7 Å². The Hall–Kier alpha value is -14.0. The summed E-state index contributed by atoms with van der Waals surface area (Å²) in [5, 5.41) is 2.01. The van der Waals surface area contributed by atoms with Crippen molar-refractivity contribution in [1.82, 2.24) is 78.0 Å². The molecular weight excluding hydrogens is 1550 g/mol. The van der Waals surface area contributed by atoms with Crippen molar-refractivity contribution in [3.05, 3.63) is 237 Å². The van der Waals surface area contributed by atoms with Gasteiger partial charge in [-0.1, -0.05) is 109 Å². The van der Waals surface area contributed by atoms with Crippen LogP contribution in [0.25, 0.3) is 78.1 Å². The first-order valence-electron chi connectivity index (χ1n) is 41.8. The molecule has 0 radical (unpaired) electrons. The van der Waals surface area contributed by atoms with Crippen LogP contribution in [0.4, 0.5) is 23.3 Å². The van der Waals surface area contributed by atoms with Gasteiger partial charge in [-0.15, -0.1) is 0 Å². The van der Waals surface area contributed by atoms with Crippen molar-refractivity contribution in [1.29, 1.82) is 0 Å². The van der Waals surface area contributed by atoms with Crippen molar-refractivity contribution in [2.75, 3.05) is 103 Å². The highest BCUT2D eigenvalue weighted by atomic mass is 16.5. The number of para-hydroxylation sites is 3. The number of amides is 4. The van der Waals surface area contributed by atoms with Crippen LogP contribution in [0.5, 0.6) is 34.5 Å². The van der Waals surface area contributed by atoms with Crippen molar-refractivity contribution in [2.24, 2.45) is 5.73 Å². The number of hydrogen-bond donors (Lipinski definition) is 5. The smallest absolute Gasteiger partial charge is 0.266 e. The summed E-state index contributed by atoms with van der Waals surface area (Å²) in [7, 11) is 6.29. The lowest BCUT2D eigenvalue weighted by Crippen LogP contribution is -2.29. The molecule has 3 saturated heterocycles. The zero-order valence-corrected chi connectivity index (χ0v) is 68.9. The SMILES string of the molecule is CN(C/C=C/C(=O)N1CC[C@@H](n2c(-c3ncco3)c(-c3ccc(Oc4ccccc4)cc3)c3c(N)ncnc32)C1)C1CC1.CN(C/C=C/C(=O)N1CC[C@@H](n2c(C(N)=O)c(-c3ccc(Oc4ccccc4)cc3)c3c(N)ncnc32)C1)C1CC1.CN(C/C=C/C(=O)N1CC[C@@H](n2c(N)c(-c3ccc(Oc4ccccc4)cc3)c3c(N)ncnc32)C1)C1CC1. The maximum Gasteiger partial charge on any atom is 0.266 e. The molecule has 0 unspecified atom stereocenters. The van der Waals surface area contributed by atoms with E-state index in [4.69, 9.17) is 52.3 Å². The molecule has 6 aromatic carbocycles. The fraction of sp³-hybridized carbons (Fsp3) is 0.287. The van der Waals surface area contributed by atoms with E-state index in [0.717, 1.165) is 99.8 Å². The number of nitrogens with zero attached hydrogens (tertiary/aromatic N) is 16. The molecule has 0 bridgehead atoms. The first-order chi connectivity index (χ1) is 60.0. The van der Waals surface area contributed by atoms with Gasteiger partial charge in [-0.05, 0) is 168 Å². The first kappa shape index (κ1) is 81.3. The number of fused-ring (bicyclic) bond motifs is 3. The van der Waals surface area contributed by atoms with Crippen LogP contribution in [-0.2, 0) is 14.4 Å². The monoisotopic (exact) mass is 1650 g/mol. The number of hydrogen-bond acceptors (Lipinski definition) is 22. The van der Waals surface area contributed by atoms with Crippen LogP contribution >= 0.6 is 0 Å². The normalized spacial score (nSPS) is 17.2. The van der Waals surface area contributed by atoms with Crippen LogP contribution in [0, 0.1) is 0 Å². The Morgan fingerprint density at radius 1 is 0.407 bits per heavy atom. The molecule has 3 atom stereocenters. The molecule has 7 aromatic heterocycles. The van der Waals surface area contributed by atoms with Gasteiger partial charge in [0.2, 0.25) is 23.6 Å². The van der Waals surface area contributed by atoms with Gasteiger partial charge in [-0.25, -0.2) is 34.9 Å². The molecule has 123 heavy (non-hydrogen) atoms. The molecule has 0 spiro atoms. The average Bonchev–Trinajstić information content (AvgIpc) is 1.58. The minimum absolute atomic E-state index is 0.0114. The van der Waals surface area contributed by atoms with Crippen LogP contribution < -0.4 is 42.9 Å². The minimum Gasteiger partial charge on any atom is -0.457 e. The molecule has 29 heteroatoms. The average molecular weight is 1650 g/mol. The minimum atomic E-state index is -0.602. The Labute approximate surface area is 711 Å². The molecular formula is C94H99N21O8. The number of rotatable bonds is 26. The molecule has 4 amide bonds. The number of carbonyl (C=O) groups is 4. The van der Waals surface area contributed by atoms with Gasteiger partial charge in [-0.2, -0.15) is 0 Å². The summed E-state index contributed by atoms with van der Waals surface area (Å²) in [4.78, 5) is 95.6. The lowest BCUT2D eigenvalue weighted by Gasteiger charge is -2.18. The number of aromatic nitrogens is 10. The number of anilines is 4. The predicted molar refractivity (Wildman–Crippen MR) is 475 cm³/mol. The molecule has 19 rings (SSSR count). The van der Waals surface area contributed by atoms with Crippen LogP contribution in [0.15, 0.2) is 236 Å². The van der Waals surface area contributed by atoms with E-state index in [1.54, 1.807) is 35.6 Å². The Kier molecular flexibility index (Phi) is 23.9. The van der Waals surface area contributed by atoms with Gasteiger partial charge in [0.1, 0.15) is 111 Å². The lowest BCUT2D eigenvalue weighted by molar-refractivity contribution is -0.125. The fourth-order valence-electron chi connectivity index (χ4n) is 16.9. The van der Waals surface area contributed by atoms with Crippen molar-refractivity contribution < 1.29 is 37.8 Å². The summed E-state index contributed by atoms with van der Waals surface area (Å²) in [6.45, 7) is 5.69. The molecule has 3 aliphatic heterocycles. The van der Waals surface area contributed by atoms with E-state index >= 15 is 0 Å². The number of carbonyl (C=O) groups excluding carboxylic acids is 4. The number of likely N-dealkylation sites (tertiary alicyclic amines) is 3. The number of primary amides is 1.